The molecule has 0 aliphatic carbocycles. The van der Waals surface area contributed by atoms with Gasteiger partial charge in [-0.05, 0) is 19.3 Å². The maximum atomic E-state index is 10.4. The minimum absolute atomic E-state index is 0.175. The van der Waals surface area contributed by atoms with Gasteiger partial charge in [-0.25, -0.2) is 0 Å². The van der Waals surface area contributed by atoms with E-state index in [0.29, 0.717) is 32.7 Å². The molecule has 0 bridgehead atoms. The number of rotatable bonds is 30. The molecule has 0 saturated heterocycles. The molecule has 0 aromatic carbocycles. The molecule has 0 amide bonds. The molecule has 0 aliphatic rings. The third-order valence-electron chi connectivity index (χ3n) is 6.69. The van der Waals surface area contributed by atoms with Crippen LogP contribution in [0.3, 0.4) is 0 Å². The van der Waals surface area contributed by atoms with Gasteiger partial charge in [0, 0.05) is 19.6 Å². The van der Waals surface area contributed by atoms with Gasteiger partial charge < -0.3 is 19.7 Å². The normalized spacial score (nSPS) is 12.3. The highest BCUT2D eigenvalue weighted by Gasteiger charge is 2.05. The lowest BCUT2D eigenvalue weighted by Crippen LogP contribution is -2.22. The van der Waals surface area contributed by atoms with Crippen molar-refractivity contribution in [3.05, 3.63) is 0 Å². The molecule has 0 aliphatic heterocycles. The van der Waals surface area contributed by atoms with Crippen LogP contribution in [-0.2, 0) is 14.3 Å². The molecule has 0 aromatic rings. The lowest BCUT2D eigenvalue weighted by molar-refractivity contribution is -0.137. The quantitative estimate of drug-likeness (QED) is 0.0967. The molecule has 5 nitrogen and oxygen atoms in total. The van der Waals surface area contributed by atoms with E-state index >= 15 is 0 Å². The van der Waals surface area contributed by atoms with Crippen molar-refractivity contribution in [2.45, 2.75) is 161 Å². The van der Waals surface area contributed by atoms with Crippen LogP contribution in [-0.4, -0.2) is 48.7 Å². The zero-order valence-corrected chi connectivity index (χ0v) is 23.3. The van der Waals surface area contributed by atoms with Crippen molar-refractivity contribution >= 4 is 5.97 Å². The maximum absolute atomic E-state index is 10.4. The zero-order chi connectivity index (χ0) is 25.7. The zero-order valence-electron chi connectivity index (χ0n) is 23.3. The number of carboxylic acid groups (broad SMARTS) is 1. The van der Waals surface area contributed by atoms with Gasteiger partial charge in [0.15, 0.2) is 0 Å². The number of aliphatic carboxylic acids is 1. The summed E-state index contributed by atoms with van der Waals surface area (Å²) in [4.78, 5) is 10.4. The van der Waals surface area contributed by atoms with Crippen LogP contribution in [0.2, 0.25) is 0 Å². The number of ether oxygens (including phenoxy) is 2. The van der Waals surface area contributed by atoms with Crippen molar-refractivity contribution in [1.82, 2.24) is 0 Å². The van der Waals surface area contributed by atoms with Gasteiger partial charge in [-0.15, -0.1) is 0 Å². The minimum atomic E-state index is -0.775. The molecule has 1 unspecified atom stereocenters. The first kappa shape index (κ1) is 34.4. The average molecular weight is 501 g/mol. The first-order valence-electron chi connectivity index (χ1n) is 15.2. The van der Waals surface area contributed by atoms with Crippen LogP contribution < -0.4 is 0 Å². The van der Waals surface area contributed by atoms with E-state index in [9.17, 15) is 9.90 Å². The molecule has 5 heteroatoms. The molecule has 0 spiro atoms. The Morgan fingerprint density at radius 1 is 0.543 bits per heavy atom. The summed E-state index contributed by atoms with van der Waals surface area (Å²) in [7, 11) is 0. The lowest BCUT2D eigenvalue weighted by atomic mass is 10.0. The van der Waals surface area contributed by atoms with Crippen LogP contribution in [0.1, 0.15) is 155 Å². The van der Waals surface area contributed by atoms with Crippen LogP contribution in [0.15, 0.2) is 0 Å². The highest BCUT2D eigenvalue weighted by atomic mass is 16.5. The van der Waals surface area contributed by atoms with Crippen molar-refractivity contribution in [3.8, 4) is 0 Å². The molecule has 0 saturated carbocycles. The van der Waals surface area contributed by atoms with E-state index in [1.165, 1.54) is 122 Å². The van der Waals surface area contributed by atoms with Crippen molar-refractivity contribution < 1.29 is 24.5 Å². The molecule has 210 valence electrons. The molecular formula is C30H60O5. The predicted molar refractivity (Wildman–Crippen MR) is 147 cm³/mol. The van der Waals surface area contributed by atoms with Crippen LogP contribution in [0.5, 0.6) is 0 Å². The summed E-state index contributed by atoms with van der Waals surface area (Å²) in [5.41, 5.74) is 0. The van der Waals surface area contributed by atoms with E-state index in [0.717, 1.165) is 6.42 Å². The molecule has 35 heavy (non-hydrogen) atoms. The highest BCUT2D eigenvalue weighted by Crippen LogP contribution is 2.14. The fraction of sp³-hybridized carbons (Fsp3) is 0.967. The second-order valence-electron chi connectivity index (χ2n) is 10.4. The molecule has 0 radical (unpaired) electrons. The highest BCUT2D eigenvalue weighted by molar-refractivity contribution is 5.66. The lowest BCUT2D eigenvalue weighted by Gasteiger charge is -2.11. The number of hydrogen-bond acceptors (Lipinski definition) is 4. The number of hydrogen-bond donors (Lipinski definition) is 2. The smallest absolute Gasteiger partial charge is 0.303 e. The van der Waals surface area contributed by atoms with Gasteiger partial charge in [-0.2, -0.15) is 0 Å². The van der Waals surface area contributed by atoms with Gasteiger partial charge in [-0.1, -0.05) is 129 Å². The summed E-state index contributed by atoms with van der Waals surface area (Å²) in [6.45, 7) is 4.05. The van der Waals surface area contributed by atoms with Crippen molar-refractivity contribution in [3.63, 3.8) is 0 Å². The minimum Gasteiger partial charge on any atom is -0.481 e. The Hall–Kier alpha value is -0.650. The van der Waals surface area contributed by atoms with Crippen LogP contribution in [0.4, 0.5) is 0 Å². The monoisotopic (exact) mass is 500 g/mol. The third-order valence-corrected chi connectivity index (χ3v) is 6.69. The van der Waals surface area contributed by atoms with E-state index in [1.807, 2.05) is 0 Å². The second kappa shape index (κ2) is 29.6. The fourth-order valence-corrected chi connectivity index (χ4v) is 4.43. The van der Waals surface area contributed by atoms with E-state index in [4.69, 9.17) is 14.6 Å². The summed E-state index contributed by atoms with van der Waals surface area (Å²) < 4.78 is 10.9. The van der Waals surface area contributed by atoms with E-state index < -0.39 is 12.1 Å². The Morgan fingerprint density at radius 2 is 0.857 bits per heavy atom. The van der Waals surface area contributed by atoms with Gasteiger partial charge in [-0.3, -0.25) is 4.79 Å². The number of carbonyl (C=O) groups is 1. The van der Waals surface area contributed by atoms with Gasteiger partial charge in [0.05, 0.1) is 13.2 Å². The predicted octanol–water partition coefficient (Wildman–Crippen LogP) is 8.46. The SMILES string of the molecule is CCCCCCCCCCCCCCCCCCCCCCOCC(O)COCCCCC(=O)O. The van der Waals surface area contributed by atoms with Crippen molar-refractivity contribution in [1.29, 1.82) is 0 Å². The molecule has 2 N–H and O–H groups in total. The molecule has 0 heterocycles. The van der Waals surface area contributed by atoms with Crippen LogP contribution >= 0.6 is 0 Å². The van der Waals surface area contributed by atoms with Crippen molar-refractivity contribution in [2.75, 3.05) is 26.4 Å². The van der Waals surface area contributed by atoms with Gasteiger partial charge in [0.25, 0.3) is 0 Å². The Balaban J connectivity index is 3.11. The van der Waals surface area contributed by atoms with E-state index in [1.54, 1.807) is 0 Å². The molecule has 1 atom stereocenters. The summed E-state index contributed by atoms with van der Waals surface area (Å²) in [6, 6.07) is 0. The Kier molecular flexibility index (Phi) is 29.0. The van der Waals surface area contributed by atoms with Gasteiger partial charge in [0.1, 0.15) is 6.10 Å². The number of unbranched alkanes of at least 4 members (excludes halogenated alkanes) is 20. The number of carboxylic acids is 1. The van der Waals surface area contributed by atoms with Gasteiger partial charge >= 0.3 is 5.97 Å². The fourth-order valence-electron chi connectivity index (χ4n) is 4.43. The van der Waals surface area contributed by atoms with E-state index in [-0.39, 0.29) is 13.0 Å². The first-order chi connectivity index (χ1) is 17.2. The topological polar surface area (TPSA) is 76.0 Å². The summed E-state index contributed by atoms with van der Waals surface area (Å²) in [5.74, 6) is -0.775. The Bertz CT molecular complexity index is 416. The summed E-state index contributed by atoms with van der Waals surface area (Å²) in [5, 5.41) is 18.4. The molecule has 0 aromatic heterocycles. The maximum Gasteiger partial charge on any atom is 0.303 e. The average Bonchev–Trinajstić information content (AvgIpc) is 2.84. The summed E-state index contributed by atoms with van der Waals surface area (Å²) >= 11 is 0. The first-order valence-corrected chi connectivity index (χ1v) is 15.2. The Morgan fingerprint density at radius 3 is 1.20 bits per heavy atom. The van der Waals surface area contributed by atoms with Crippen LogP contribution in [0, 0.1) is 0 Å². The van der Waals surface area contributed by atoms with Crippen LogP contribution in [0.25, 0.3) is 0 Å². The number of aliphatic hydroxyl groups excluding tert-OH is 1. The third kappa shape index (κ3) is 31.3. The molecule has 0 fully saturated rings. The molecular weight excluding hydrogens is 440 g/mol. The largest absolute Gasteiger partial charge is 0.481 e. The number of aliphatic hydroxyl groups is 1. The van der Waals surface area contributed by atoms with Crippen molar-refractivity contribution in [2.24, 2.45) is 0 Å². The Labute approximate surface area is 217 Å². The summed E-state index contributed by atoms with van der Waals surface area (Å²) in [6.07, 6.45) is 28.6. The standard InChI is InChI=1S/C30H60O5/c1-2-3-4-5-6-7-8-9-10-11-12-13-14-15-16-17-18-19-20-22-25-34-27-29(31)28-35-26-23-21-24-30(32)33/h29,31H,2-28H2,1H3,(H,32,33). The van der Waals surface area contributed by atoms with Gasteiger partial charge in [0.2, 0.25) is 0 Å². The second-order valence-corrected chi connectivity index (χ2v) is 10.4. The van der Waals surface area contributed by atoms with E-state index in [2.05, 4.69) is 6.92 Å². The molecule has 0 rings (SSSR count).